The Hall–Kier alpha value is -3.34. The van der Waals surface area contributed by atoms with Crippen LogP contribution in [0.2, 0.25) is 0 Å². The van der Waals surface area contributed by atoms with Crippen molar-refractivity contribution in [3.05, 3.63) is 88.3 Å². The Morgan fingerprint density at radius 1 is 1.07 bits per heavy atom. The highest BCUT2D eigenvalue weighted by atomic mass is 16.5. The molecular formula is C24H22N2O3. The number of fused-ring (bicyclic) bond motifs is 1. The van der Waals surface area contributed by atoms with Crippen LogP contribution in [0.5, 0.6) is 5.75 Å². The number of methoxy groups -OCH3 is 1. The number of nitrogens with one attached hydrogen (secondary N) is 1. The molecule has 3 aromatic rings. The van der Waals surface area contributed by atoms with Crippen molar-refractivity contribution in [2.75, 3.05) is 12.4 Å². The highest BCUT2D eigenvalue weighted by molar-refractivity contribution is 6.01. The number of rotatable bonds is 3. The van der Waals surface area contributed by atoms with Gasteiger partial charge < -0.3 is 14.6 Å². The highest BCUT2D eigenvalue weighted by Gasteiger charge is 2.41. The van der Waals surface area contributed by atoms with Crippen LogP contribution in [0, 0.1) is 6.92 Å². The third-order valence-electron chi connectivity index (χ3n) is 5.98. The average Bonchev–Trinajstić information content (AvgIpc) is 3.13. The minimum atomic E-state index is -0.243. The number of carbonyl (C=O) groups is 1. The van der Waals surface area contributed by atoms with Gasteiger partial charge in [0.1, 0.15) is 5.75 Å². The van der Waals surface area contributed by atoms with E-state index in [-0.39, 0.29) is 17.6 Å². The van der Waals surface area contributed by atoms with E-state index in [0.29, 0.717) is 12.3 Å². The summed E-state index contributed by atoms with van der Waals surface area (Å²) in [6.45, 7) is 1.91. The zero-order valence-corrected chi connectivity index (χ0v) is 16.4. The number of carbonyl (C=O) groups excluding carboxylic acids is 1. The molecule has 0 unspecified atom stereocenters. The number of benzene rings is 2. The predicted molar refractivity (Wildman–Crippen MR) is 110 cm³/mol. The second-order valence-electron chi connectivity index (χ2n) is 7.64. The summed E-state index contributed by atoms with van der Waals surface area (Å²) in [5, 5.41) is 7.55. The lowest BCUT2D eigenvalue weighted by Gasteiger charge is -2.34. The van der Waals surface area contributed by atoms with Crippen LogP contribution in [0.1, 0.15) is 47.1 Å². The van der Waals surface area contributed by atoms with Crippen LogP contribution in [0.15, 0.2) is 70.4 Å². The molecule has 1 aliphatic carbocycles. The van der Waals surface area contributed by atoms with Crippen molar-refractivity contribution in [1.82, 2.24) is 5.16 Å². The van der Waals surface area contributed by atoms with Gasteiger partial charge in [-0.15, -0.1) is 0 Å². The summed E-state index contributed by atoms with van der Waals surface area (Å²) in [7, 11) is 1.66. The summed E-state index contributed by atoms with van der Waals surface area (Å²) in [5.41, 5.74) is 5.58. The van der Waals surface area contributed by atoms with Gasteiger partial charge in [-0.05, 0) is 30.9 Å². The number of Topliss-reactive ketones (excluding diaryl/α,β-unsaturated/α-hetero) is 1. The van der Waals surface area contributed by atoms with Gasteiger partial charge in [0, 0.05) is 23.3 Å². The standard InChI is InChI=1S/C24H22N2O3/c1-14-21-22(17-10-6-7-11-20(17)28-2)23-18(25-24(21)29-26-14)12-16(13-19(23)27)15-8-4-3-5-9-15/h3-11,16,22,25H,12-13H2,1-2H3/t16-,22-/m1/s1. The van der Waals surface area contributed by atoms with E-state index in [1.807, 2.05) is 49.4 Å². The van der Waals surface area contributed by atoms with E-state index >= 15 is 0 Å². The number of ether oxygens (including phenoxy) is 1. The van der Waals surface area contributed by atoms with Crippen LogP contribution >= 0.6 is 0 Å². The lowest BCUT2D eigenvalue weighted by Crippen LogP contribution is -2.29. The van der Waals surface area contributed by atoms with Crippen molar-refractivity contribution >= 4 is 11.7 Å². The summed E-state index contributed by atoms with van der Waals surface area (Å²) in [6, 6.07) is 18.1. The van der Waals surface area contributed by atoms with Crippen molar-refractivity contribution in [1.29, 1.82) is 0 Å². The number of allylic oxidation sites excluding steroid dienone is 2. The van der Waals surface area contributed by atoms with E-state index in [0.717, 1.165) is 40.3 Å². The van der Waals surface area contributed by atoms with Crippen molar-refractivity contribution in [3.8, 4) is 5.75 Å². The lowest BCUT2D eigenvalue weighted by molar-refractivity contribution is -0.116. The van der Waals surface area contributed by atoms with Gasteiger partial charge in [-0.1, -0.05) is 53.7 Å². The molecule has 0 spiro atoms. The fourth-order valence-electron chi connectivity index (χ4n) is 4.65. The minimum absolute atomic E-state index is 0.152. The maximum absolute atomic E-state index is 13.4. The van der Waals surface area contributed by atoms with Crippen molar-refractivity contribution in [2.45, 2.75) is 31.6 Å². The number of aromatic nitrogens is 1. The molecule has 5 nitrogen and oxygen atoms in total. The fraction of sp³-hybridized carbons (Fsp3) is 0.250. The Balaban J connectivity index is 1.66. The molecule has 29 heavy (non-hydrogen) atoms. The predicted octanol–water partition coefficient (Wildman–Crippen LogP) is 4.95. The van der Waals surface area contributed by atoms with Gasteiger partial charge in [-0.3, -0.25) is 4.79 Å². The molecular weight excluding hydrogens is 364 g/mol. The number of anilines is 1. The summed E-state index contributed by atoms with van der Waals surface area (Å²) < 4.78 is 11.2. The topological polar surface area (TPSA) is 64.4 Å². The molecule has 0 saturated carbocycles. The van der Waals surface area contributed by atoms with Gasteiger partial charge in [-0.25, -0.2) is 0 Å². The Kier molecular flexibility index (Phi) is 4.23. The molecule has 0 amide bonds. The van der Waals surface area contributed by atoms with Gasteiger partial charge in [-0.2, -0.15) is 0 Å². The van der Waals surface area contributed by atoms with E-state index in [2.05, 4.69) is 22.6 Å². The Bertz CT molecular complexity index is 1110. The Labute approximate surface area is 169 Å². The molecule has 0 saturated heterocycles. The summed E-state index contributed by atoms with van der Waals surface area (Å²) in [5.74, 6) is 1.45. The average molecular weight is 386 g/mol. The van der Waals surface area contributed by atoms with E-state index in [1.165, 1.54) is 5.56 Å². The van der Waals surface area contributed by atoms with Crippen LogP contribution in [-0.2, 0) is 4.79 Å². The molecule has 146 valence electrons. The molecule has 1 aliphatic heterocycles. The molecule has 2 aliphatic rings. The number of ketones is 1. The second-order valence-corrected chi connectivity index (χ2v) is 7.64. The van der Waals surface area contributed by atoms with Crippen molar-refractivity contribution in [3.63, 3.8) is 0 Å². The van der Waals surface area contributed by atoms with Gasteiger partial charge in [0.05, 0.1) is 24.3 Å². The molecule has 0 radical (unpaired) electrons. The van der Waals surface area contributed by atoms with Gasteiger partial charge >= 0.3 is 0 Å². The molecule has 5 rings (SSSR count). The molecule has 1 aromatic heterocycles. The third kappa shape index (κ3) is 2.85. The minimum Gasteiger partial charge on any atom is -0.496 e. The second kappa shape index (κ2) is 6.92. The van der Waals surface area contributed by atoms with Crippen molar-refractivity contribution < 1.29 is 14.1 Å². The molecule has 1 N–H and O–H groups in total. The molecule has 5 heteroatoms. The zero-order valence-electron chi connectivity index (χ0n) is 16.4. The maximum Gasteiger partial charge on any atom is 0.233 e. The molecule has 0 bridgehead atoms. The molecule has 2 aromatic carbocycles. The van der Waals surface area contributed by atoms with E-state index in [9.17, 15) is 4.79 Å². The normalized spacial score (nSPS) is 20.7. The lowest BCUT2D eigenvalue weighted by atomic mass is 9.72. The smallest absolute Gasteiger partial charge is 0.233 e. The van der Waals surface area contributed by atoms with Gasteiger partial charge in [0.15, 0.2) is 5.78 Å². The SMILES string of the molecule is COc1ccccc1[C@H]1C2=C(C[C@@H](c3ccccc3)CC2=O)Nc2onc(C)c21. The van der Waals surface area contributed by atoms with Crippen LogP contribution in [0.25, 0.3) is 0 Å². The third-order valence-corrected chi connectivity index (χ3v) is 5.98. The Morgan fingerprint density at radius 3 is 2.62 bits per heavy atom. The quantitative estimate of drug-likeness (QED) is 0.690. The van der Waals surface area contributed by atoms with Crippen LogP contribution < -0.4 is 10.1 Å². The first-order valence-electron chi connectivity index (χ1n) is 9.84. The first-order chi connectivity index (χ1) is 14.2. The van der Waals surface area contributed by atoms with Gasteiger partial charge in [0.25, 0.3) is 0 Å². The van der Waals surface area contributed by atoms with Gasteiger partial charge in [0.2, 0.25) is 5.88 Å². The van der Waals surface area contributed by atoms with Crippen LogP contribution in [-0.4, -0.2) is 18.0 Å². The maximum atomic E-state index is 13.4. The summed E-state index contributed by atoms with van der Waals surface area (Å²) in [4.78, 5) is 13.4. The largest absolute Gasteiger partial charge is 0.496 e. The Morgan fingerprint density at radius 2 is 1.83 bits per heavy atom. The number of hydrogen-bond acceptors (Lipinski definition) is 5. The van der Waals surface area contributed by atoms with Crippen molar-refractivity contribution in [2.24, 2.45) is 0 Å². The number of hydrogen-bond donors (Lipinski definition) is 1. The van der Waals surface area contributed by atoms with Crippen LogP contribution in [0.4, 0.5) is 5.88 Å². The highest BCUT2D eigenvalue weighted by Crippen LogP contribution is 2.50. The number of nitrogens with zero attached hydrogens (tertiary/aromatic N) is 1. The number of para-hydroxylation sites is 1. The molecule has 2 atom stereocenters. The summed E-state index contributed by atoms with van der Waals surface area (Å²) >= 11 is 0. The monoisotopic (exact) mass is 386 g/mol. The van der Waals surface area contributed by atoms with E-state index in [4.69, 9.17) is 9.26 Å². The first kappa shape index (κ1) is 17.7. The zero-order chi connectivity index (χ0) is 20.0. The molecule has 2 heterocycles. The first-order valence-corrected chi connectivity index (χ1v) is 9.84. The van der Waals surface area contributed by atoms with E-state index < -0.39 is 0 Å². The number of aryl methyl sites for hydroxylation is 1. The van der Waals surface area contributed by atoms with E-state index in [1.54, 1.807) is 7.11 Å². The summed E-state index contributed by atoms with van der Waals surface area (Å²) in [6.07, 6.45) is 1.26. The molecule has 0 fully saturated rings. The fourth-order valence-corrected chi connectivity index (χ4v) is 4.65. The van der Waals surface area contributed by atoms with Crippen LogP contribution in [0.3, 0.4) is 0 Å².